The number of fused-ring (bicyclic) bond motifs is 1. The topological polar surface area (TPSA) is 86.5 Å². The maximum Gasteiger partial charge on any atom is 0.253 e. The maximum atomic E-state index is 12.2. The predicted molar refractivity (Wildman–Crippen MR) is 73.1 cm³/mol. The second kappa shape index (κ2) is 5.38. The summed E-state index contributed by atoms with van der Waals surface area (Å²) in [5, 5.41) is 3.08. The lowest BCUT2D eigenvalue weighted by atomic mass is 9.67. The van der Waals surface area contributed by atoms with Gasteiger partial charge in [0.15, 0.2) is 0 Å². The molecule has 2 aliphatic rings. The molecule has 1 saturated heterocycles. The zero-order valence-corrected chi connectivity index (χ0v) is 11.4. The van der Waals surface area contributed by atoms with Crippen molar-refractivity contribution in [3.05, 3.63) is 23.9 Å². The van der Waals surface area contributed by atoms with Gasteiger partial charge in [0.1, 0.15) is 5.82 Å². The number of ether oxygens (including phenoxy) is 2. The van der Waals surface area contributed by atoms with Crippen LogP contribution in [-0.4, -0.2) is 43.4 Å². The van der Waals surface area contributed by atoms with Crippen LogP contribution in [0.1, 0.15) is 16.8 Å². The van der Waals surface area contributed by atoms with Gasteiger partial charge >= 0.3 is 0 Å². The lowest BCUT2D eigenvalue weighted by molar-refractivity contribution is -0.0809. The van der Waals surface area contributed by atoms with Gasteiger partial charge in [0, 0.05) is 37.8 Å². The standard InChI is InChI=1S/C14H19N3O3/c1-19-7-10-12(9-4-5-20-13(9)10)17-14(18)8-2-3-11(15)16-6-8/h2-3,6,9-10,12-13H,4-5,7H2,1H3,(H2,15,16)(H,17,18)/t9-,10+,12+,13-/m0/s1. The molecule has 1 aliphatic carbocycles. The van der Waals surface area contributed by atoms with Crippen LogP contribution < -0.4 is 11.1 Å². The third-order valence-corrected chi connectivity index (χ3v) is 4.23. The first-order chi connectivity index (χ1) is 9.70. The minimum Gasteiger partial charge on any atom is -0.384 e. The Balaban J connectivity index is 1.67. The van der Waals surface area contributed by atoms with Crippen LogP contribution in [0.5, 0.6) is 0 Å². The first kappa shape index (κ1) is 13.3. The number of pyridine rings is 1. The Labute approximate surface area is 117 Å². The summed E-state index contributed by atoms with van der Waals surface area (Å²) in [6.45, 7) is 1.37. The number of nitrogens with zero attached hydrogens (tertiary/aromatic N) is 1. The molecule has 0 bridgehead atoms. The maximum absolute atomic E-state index is 12.2. The number of hydrogen-bond acceptors (Lipinski definition) is 5. The van der Waals surface area contributed by atoms with Crippen LogP contribution in [-0.2, 0) is 9.47 Å². The number of nitrogen functional groups attached to an aromatic ring is 1. The molecule has 1 amide bonds. The summed E-state index contributed by atoms with van der Waals surface area (Å²) in [7, 11) is 1.67. The first-order valence-corrected chi connectivity index (χ1v) is 6.83. The van der Waals surface area contributed by atoms with E-state index in [0.717, 1.165) is 13.0 Å². The van der Waals surface area contributed by atoms with Crippen molar-refractivity contribution in [1.29, 1.82) is 0 Å². The highest BCUT2D eigenvalue weighted by molar-refractivity contribution is 5.94. The summed E-state index contributed by atoms with van der Waals surface area (Å²) < 4.78 is 10.9. The van der Waals surface area contributed by atoms with E-state index in [2.05, 4.69) is 10.3 Å². The van der Waals surface area contributed by atoms with Gasteiger partial charge in [-0.25, -0.2) is 4.98 Å². The minimum absolute atomic E-state index is 0.117. The highest BCUT2D eigenvalue weighted by Crippen LogP contribution is 2.43. The molecule has 0 aromatic carbocycles. The van der Waals surface area contributed by atoms with Gasteiger partial charge in [0.2, 0.25) is 0 Å². The molecule has 1 aliphatic heterocycles. The quantitative estimate of drug-likeness (QED) is 0.834. The van der Waals surface area contributed by atoms with E-state index in [0.29, 0.717) is 23.9 Å². The summed E-state index contributed by atoms with van der Waals surface area (Å²) in [4.78, 5) is 16.2. The molecule has 4 atom stereocenters. The third-order valence-electron chi connectivity index (χ3n) is 4.23. The summed E-state index contributed by atoms with van der Waals surface area (Å²) in [5.41, 5.74) is 6.05. The number of carbonyl (C=O) groups is 1. The molecule has 0 spiro atoms. The van der Waals surface area contributed by atoms with Crippen molar-refractivity contribution in [2.24, 2.45) is 11.8 Å². The second-order valence-corrected chi connectivity index (χ2v) is 5.38. The summed E-state index contributed by atoms with van der Waals surface area (Å²) in [6.07, 6.45) is 2.72. The lowest BCUT2D eigenvalue weighted by Gasteiger charge is -2.47. The number of rotatable bonds is 4. The van der Waals surface area contributed by atoms with Crippen LogP contribution in [0, 0.1) is 11.8 Å². The third kappa shape index (κ3) is 2.25. The Bertz CT molecular complexity index is 491. The number of aromatic nitrogens is 1. The van der Waals surface area contributed by atoms with Crippen molar-refractivity contribution in [2.75, 3.05) is 26.1 Å². The molecule has 6 nitrogen and oxygen atoms in total. The van der Waals surface area contributed by atoms with Crippen LogP contribution in [0.25, 0.3) is 0 Å². The molecule has 3 N–H and O–H groups in total. The summed E-state index contributed by atoms with van der Waals surface area (Å²) in [6, 6.07) is 3.43. The van der Waals surface area contributed by atoms with Crippen LogP contribution in [0.3, 0.4) is 0 Å². The number of hydrogen-bond donors (Lipinski definition) is 2. The molecule has 1 aromatic rings. The molecule has 108 valence electrons. The Morgan fingerprint density at radius 3 is 3.15 bits per heavy atom. The van der Waals surface area contributed by atoms with Crippen molar-refractivity contribution < 1.29 is 14.3 Å². The summed E-state index contributed by atoms with van der Waals surface area (Å²) in [5.74, 6) is 0.930. The highest BCUT2D eigenvalue weighted by atomic mass is 16.5. The smallest absolute Gasteiger partial charge is 0.253 e. The van der Waals surface area contributed by atoms with Crippen LogP contribution >= 0.6 is 0 Å². The second-order valence-electron chi connectivity index (χ2n) is 5.38. The van der Waals surface area contributed by atoms with Gasteiger partial charge in [0.25, 0.3) is 5.91 Å². The van der Waals surface area contributed by atoms with Crippen molar-refractivity contribution in [2.45, 2.75) is 18.6 Å². The Kier molecular flexibility index (Phi) is 3.58. The Morgan fingerprint density at radius 1 is 1.60 bits per heavy atom. The normalized spacial score (nSPS) is 31.4. The van der Waals surface area contributed by atoms with Crippen LogP contribution in [0.15, 0.2) is 18.3 Å². The van der Waals surface area contributed by atoms with Gasteiger partial charge in [-0.2, -0.15) is 0 Å². The van der Waals surface area contributed by atoms with Gasteiger partial charge in [0.05, 0.1) is 18.3 Å². The van der Waals surface area contributed by atoms with Crippen molar-refractivity contribution in [1.82, 2.24) is 10.3 Å². The first-order valence-electron chi connectivity index (χ1n) is 6.83. The molecule has 2 fully saturated rings. The van der Waals surface area contributed by atoms with E-state index in [1.165, 1.54) is 6.20 Å². The van der Waals surface area contributed by atoms with E-state index in [1.807, 2.05) is 0 Å². The number of nitrogens with one attached hydrogen (secondary N) is 1. The molecule has 0 radical (unpaired) electrons. The zero-order chi connectivity index (χ0) is 14.1. The fraction of sp³-hybridized carbons (Fsp3) is 0.571. The largest absolute Gasteiger partial charge is 0.384 e. The van der Waals surface area contributed by atoms with E-state index < -0.39 is 0 Å². The lowest BCUT2D eigenvalue weighted by Crippen LogP contribution is -2.62. The Hall–Kier alpha value is -1.66. The average Bonchev–Trinajstić information content (AvgIpc) is 2.87. The monoisotopic (exact) mass is 277 g/mol. The van der Waals surface area contributed by atoms with E-state index in [4.69, 9.17) is 15.2 Å². The molecular formula is C14H19N3O3. The molecule has 6 heteroatoms. The van der Waals surface area contributed by atoms with E-state index in [9.17, 15) is 4.79 Å². The highest BCUT2D eigenvalue weighted by Gasteiger charge is 2.54. The number of methoxy groups -OCH3 is 1. The van der Waals surface area contributed by atoms with Gasteiger partial charge in [-0.1, -0.05) is 0 Å². The van der Waals surface area contributed by atoms with Gasteiger partial charge < -0.3 is 20.5 Å². The summed E-state index contributed by atoms with van der Waals surface area (Å²) >= 11 is 0. The fourth-order valence-corrected chi connectivity index (χ4v) is 3.21. The Morgan fingerprint density at radius 2 is 2.45 bits per heavy atom. The molecule has 20 heavy (non-hydrogen) atoms. The molecule has 0 unspecified atom stereocenters. The van der Waals surface area contributed by atoms with Crippen molar-refractivity contribution in [3.63, 3.8) is 0 Å². The molecular weight excluding hydrogens is 258 g/mol. The number of carbonyl (C=O) groups excluding carboxylic acids is 1. The molecule has 2 heterocycles. The SMILES string of the molecule is COC[C@@H]1[C@H](NC(=O)c2ccc(N)nc2)[C@@H]2CCO[C@H]12. The van der Waals surface area contributed by atoms with Crippen molar-refractivity contribution >= 4 is 11.7 Å². The van der Waals surface area contributed by atoms with E-state index in [1.54, 1.807) is 19.2 Å². The van der Waals surface area contributed by atoms with Crippen LogP contribution in [0.2, 0.25) is 0 Å². The van der Waals surface area contributed by atoms with Crippen LogP contribution in [0.4, 0.5) is 5.82 Å². The zero-order valence-electron chi connectivity index (χ0n) is 11.4. The molecule has 1 saturated carbocycles. The fourth-order valence-electron chi connectivity index (χ4n) is 3.21. The van der Waals surface area contributed by atoms with Gasteiger partial charge in [-0.05, 0) is 18.6 Å². The average molecular weight is 277 g/mol. The predicted octanol–water partition coefficient (Wildman–Crippen LogP) is 0.443. The number of amides is 1. The van der Waals surface area contributed by atoms with Gasteiger partial charge in [-0.3, -0.25) is 4.79 Å². The minimum atomic E-state index is -0.117. The molecule has 3 rings (SSSR count). The molecule has 1 aromatic heterocycles. The van der Waals surface area contributed by atoms with Gasteiger partial charge in [-0.15, -0.1) is 0 Å². The number of anilines is 1. The van der Waals surface area contributed by atoms with E-state index >= 15 is 0 Å². The van der Waals surface area contributed by atoms with Crippen molar-refractivity contribution in [3.8, 4) is 0 Å². The number of nitrogens with two attached hydrogens (primary N) is 1. The van der Waals surface area contributed by atoms with E-state index in [-0.39, 0.29) is 24.0 Å².